The van der Waals surface area contributed by atoms with Crippen LogP contribution in [0, 0.1) is 0 Å². The molecule has 2 aliphatic heterocycles. The minimum absolute atomic E-state index is 0.138. The Labute approximate surface area is 163 Å². The number of benzene rings is 1. The second-order valence-electron chi connectivity index (χ2n) is 7.23. The molecule has 0 bridgehead atoms. The minimum Gasteiger partial charge on any atom is -0.472 e. The Hall–Kier alpha value is -2.77. The molecule has 1 fully saturated rings. The van der Waals surface area contributed by atoms with Crippen LogP contribution < -0.4 is 10.1 Å². The Morgan fingerprint density at radius 3 is 3.07 bits per heavy atom. The summed E-state index contributed by atoms with van der Waals surface area (Å²) in [6.45, 7) is 3.34. The second kappa shape index (κ2) is 7.69. The molecule has 1 saturated heterocycles. The molecular weight excluding hydrogens is 354 g/mol. The molecule has 5 rings (SSSR count). The Morgan fingerprint density at radius 1 is 1.21 bits per heavy atom. The molecule has 7 nitrogen and oxygen atoms in total. The zero-order valence-corrected chi connectivity index (χ0v) is 15.6. The van der Waals surface area contributed by atoms with Gasteiger partial charge in [0.1, 0.15) is 17.5 Å². The maximum absolute atomic E-state index is 6.03. The molecule has 2 aromatic heterocycles. The van der Waals surface area contributed by atoms with Crippen molar-refractivity contribution in [1.29, 1.82) is 0 Å². The molecule has 0 unspecified atom stereocenters. The van der Waals surface area contributed by atoms with Gasteiger partial charge in [0.25, 0.3) is 0 Å². The molecule has 4 heterocycles. The van der Waals surface area contributed by atoms with Crippen molar-refractivity contribution in [3.05, 3.63) is 42.2 Å². The van der Waals surface area contributed by atoms with Gasteiger partial charge in [-0.2, -0.15) is 5.10 Å². The van der Waals surface area contributed by atoms with E-state index in [0.29, 0.717) is 18.2 Å². The summed E-state index contributed by atoms with van der Waals surface area (Å²) in [7, 11) is 0. The van der Waals surface area contributed by atoms with Gasteiger partial charge in [-0.3, -0.25) is 10.1 Å². The van der Waals surface area contributed by atoms with Gasteiger partial charge in [0.15, 0.2) is 0 Å². The number of H-pyrrole nitrogens is 1. The number of aromatic amines is 1. The van der Waals surface area contributed by atoms with Gasteiger partial charge in [0.2, 0.25) is 5.88 Å². The maximum atomic E-state index is 6.03. The van der Waals surface area contributed by atoms with Crippen LogP contribution in [-0.4, -0.2) is 52.6 Å². The van der Waals surface area contributed by atoms with Crippen LogP contribution in [0.3, 0.4) is 0 Å². The molecule has 1 aromatic carbocycles. The van der Waals surface area contributed by atoms with E-state index < -0.39 is 0 Å². The van der Waals surface area contributed by atoms with Gasteiger partial charge >= 0.3 is 0 Å². The van der Waals surface area contributed by atoms with Crippen LogP contribution in [0.4, 0.5) is 0 Å². The van der Waals surface area contributed by atoms with Crippen molar-refractivity contribution < 1.29 is 9.47 Å². The van der Waals surface area contributed by atoms with Gasteiger partial charge in [-0.15, -0.1) is 0 Å². The van der Waals surface area contributed by atoms with E-state index >= 15 is 0 Å². The molecule has 2 aliphatic rings. The summed E-state index contributed by atoms with van der Waals surface area (Å²) >= 11 is 0. The van der Waals surface area contributed by atoms with Crippen LogP contribution in [0.1, 0.15) is 24.8 Å². The SMILES string of the molecule is C1=C(c2ccc3[nH]nc(-c4cncc(O[C@@H]5CCCNC5)n4)c3c2)COCC1. The second-order valence-corrected chi connectivity index (χ2v) is 7.23. The third kappa shape index (κ3) is 3.50. The Bertz CT molecular complexity index is 1010. The number of nitrogens with zero attached hydrogens (tertiary/aromatic N) is 3. The molecule has 28 heavy (non-hydrogen) atoms. The lowest BCUT2D eigenvalue weighted by Gasteiger charge is -2.23. The summed E-state index contributed by atoms with van der Waals surface area (Å²) in [6, 6.07) is 6.30. The van der Waals surface area contributed by atoms with Gasteiger partial charge in [0.05, 0.1) is 31.1 Å². The van der Waals surface area contributed by atoms with Crippen LogP contribution in [-0.2, 0) is 4.74 Å². The average Bonchev–Trinajstić information content (AvgIpc) is 3.19. The number of fused-ring (bicyclic) bond motifs is 1. The standard InChI is InChI=1S/C21H23N5O2/c1-4-16(10-22-7-1)28-20-12-23-11-19(24-20)21-17-9-14(5-6-18(17)25-26-21)15-3-2-8-27-13-15/h3,5-6,9,11-12,16,22H,1-2,4,7-8,10,13H2,(H,25,26)/t16-/m1/s1. The van der Waals surface area contributed by atoms with E-state index in [1.807, 2.05) is 0 Å². The molecule has 0 amide bonds. The third-order valence-corrected chi connectivity index (χ3v) is 5.24. The first-order valence-electron chi connectivity index (χ1n) is 9.82. The molecule has 1 atom stereocenters. The number of hydrogen-bond donors (Lipinski definition) is 2. The van der Waals surface area contributed by atoms with E-state index in [2.05, 4.69) is 49.8 Å². The van der Waals surface area contributed by atoms with E-state index in [4.69, 9.17) is 9.47 Å². The first-order chi connectivity index (χ1) is 13.9. The van der Waals surface area contributed by atoms with Crippen molar-refractivity contribution in [2.75, 3.05) is 26.3 Å². The maximum Gasteiger partial charge on any atom is 0.233 e. The van der Waals surface area contributed by atoms with E-state index in [1.54, 1.807) is 12.4 Å². The topological polar surface area (TPSA) is 85.0 Å². The highest BCUT2D eigenvalue weighted by molar-refractivity contribution is 5.94. The Kier molecular flexibility index (Phi) is 4.76. The summed E-state index contributed by atoms with van der Waals surface area (Å²) in [6.07, 6.45) is 8.89. The largest absolute Gasteiger partial charge is 0.472 e. The fourth-order valence-corrected chi connectivity index (χ4v) is 3.78. The van der Waals surface area contributed by atoms with Gasteiger partial charge in [0, 0.05) is 11.9 Å². The summed E-state index contributed by atoms with van der Waals surface area (Å²) in [5.74, 6) is 0.543. The number of aromatic nitrogens is 4. The molecule has 0 radical (unpaired) electrons. The van der Waals surface area contributed by atoms with Gasteiger partial charge < -0.3 is 14.8 Å². The van der Waals surface area contributed by atoms with Crippen LogP contribution in [0.2, 0.25) is 0 Å². The lowest BCUT2D eigenvalue weighted by molar-refractivity contribution is 0.160. The molecule has 2 N–H and O–H groups in total. The molecule has 3 aromatic rings. The Balaban J connectivity index is 1.47. The van der Waals surface area contributed by atoms with Crippen molar-refractivity contribution in [3.63, 3.8) is 0 Å². The third-order valence-electron chi connectivity index (χ3n) is 5.24. The van der Waals surface area contributed by atoms with Crippen LogP contribution in [0.25, 0.3) is 27.9 Å². The highest BCUT2D eigenvalue weighted by Crippen LogP contribution is 2.29. The van der Waals surface area contributed by atoms with Crippen molar-refractivity contribution in [2.45, 2.75) is 25.4 Å². The summed E-state index contributed by atoms with van der Waals surface area (Å²) in [5, 5.41) is 12.0. The van der Waals surface area contributed by atoms with E-state index in [-0.39, 0.29) is 6.10 Å². The normalized spacial score (nSPS) is 20.1. The molecular formula is C21H23N5O2. The highest BCUT2D eigenvalue weighted by atomic mass is 16.5. The number of rotatable bonds is 4. The summed E-state index contributed by atoms with van der Waals surface area (Å²) < 4.78 is 11.6. The highest BCUT2D eigenvalue weighted by Gasteiger charge is 2.17. The zero-order valence-electron chi connectivity index (χ0n) is 15.6. The van der Waals surface area contributed by atoms with Crippen LogP contribution in [0.15, 0.2) is 36.7 Å². The predicted molar refractivity (Wildman–Crippen MR) is 107 cm³/mol. The van der Waals surface area contributed by atoms with E-state index in [1.165, 1.54) is 5.57 Å². The fourth-order valence-electron chi connectivity index (χ4n) is 3.78. The number of piperidine rings is 1. The summed E-state index contributed by atoms with van der Waals surface area (Å²) in [4.78, 5) is 9.00. The van der Waals surface area contributed by atoms with Gasteiger partial charge in [-0.25, -0.2) is 4.98 Å². The molecule has 144 valence electrons. The van der Waals surface area contributed by atoms with Gasteiger partial charge in [-0.1, -0.05) is 12.1 Å². The lowest BCUT2D eigenvalue weighted by Crippen LogP contribution is -2.37. The molecule has 0 spiro atoms. The van der Waals surface area contributed by atoms with Crippen molar-refractivity contribution in [1.82, 2.24) is 25.5 Å². The van der Waals surface area contributed by atoms with Crippen LogP contribution in [0.5, 0.6) is 5.88 Å². The Morgan fingerprint density at radius 2 is 2.21 bits per heavy atom. The fraction of sp³-hybridized carbons (Fsp3) is 0.381. The molecule has 0 saturated carbocycles. The molecule has 0 aliphatic carbocycles. The minimum atomic E-state index is 0.138. The predicted octanol–water partition coefficient (Wildman–Crippen LogP) is 2.95. The number of hydrogen-bond acceptors (Lipinski definition) is 6. The average molecular weight is 377 g/mol. The van der Waals surface area contributed by atoms with E-state index in [0.717, 1.165) is 61.1 Å². The smallest absolute Gasteiger partial charge is 0.233 e. The zero-order chi connectivity index (χ0) is 18.8. The summed E-state index contributed by atoms with van der Waals surface area (Å²) in [5.41, 5.74) is 4.84. The monoisotopic (exact) mass is 377 g/mol. The van der Waals surface area contributed by atoms with Crippen molar-refractivity contribution in [3.8, 4) is 17.3 Å². The quantitative estimate of drug-likeness (QED) is 0.727. The van der Waals surface area contributed by atoms with Crippen molar-refractivity contribution >= 4 is 16.5 Å². The van der Waals surface area contributed by atoms with E-state index in [9.17, 15) is 0 Å². The first-order valence-corrected chi connectivity index (χ1v) is 9.82. The van der Waals surface area contributed by atoms with Crippen molar-refractivity contribution in [2.24, 2.45) is 0 Å². The number of ether oxygens (including phenoxy) is 2. The van der Waals surface area contributed by atoms with Crippen LogP contribution >= 0.6 is 0 Å². The molecule has 7 heteroatoms. The van der Waals surface area contributed by atoms with Gasteiger partial charge in [-0.05, 0) is 49.1 Å². The first kappa shape index (κ1) is 17.3. The number of nitrogens with one attached hydrogen (secondary N) is 2. The lowest BCUT2D eigenvalue weighted by atomic mass is 10.0.